The average Bonchev–Trinajstić information content (AvgIpc) is 2.77. The first kappa shape index (κ1) is 11.0. The molecule has 1 aromatic heterocycles. The molecular formula is C15H18O. The number of hydrogen-bond acceptors (Lipinski definition) is 1. The molecule has 2 rings (SSSR count). The first-order chi connectivity index (χ1) is 7.70. The minimum absolute atomic E-state index is 0.556. The van der Waals surface area contributed by atoms with Crippen LogP contribution in [-0.2, 0) is 6.42 Å². The summed E-state index contributed by atoms with van der Waals surface area (Å²) in [7, 11) is 0. The summed E-state index contributed by atoms with van der Waals surface area (Å²) in [6.07, 6.45) is 0.948. The van der Waals surface area contributed by atoms with E-state index in [1.807, 2.05) is 0 Å². The number of furan rings is 1. The van der Waals surface area contributed by atoms with Gasteiger partial charge in [0.1, 0.15) is 11.5 Å². The number of aryl methyl sites for hydroxylation is 1. The largest absolute Gasteiger partial charge is 0.461 e. The third-order valence-corrected chi connectivity index (χ3v) is 2.85. The molecule has 0 atom stereocenters. The second kappa shape index (κ2) is 4.56. The van der Waals surface area contributed by atoms with Crippen LogP contribution in [0, 0.1) is 0 Å². The molecule has 0 saturated heterocycles. The van der Waals surface area contributed by atoms with Crippen molar-refractivity contribution in [1.82, 2.24) is 0 Å². The first-order valence-corrected chi connectivity index (χ1v) is 5.89. The van der Waals surface area contributed by atoms with Crippen molar-refractivity contribution in [3.8, 4) is 11.3 Å². The summed E-state index contributed by atoms with van der Waals surface area (Å²) in [5.74, 6) is 2.57. The van der Waals surface area contributed by atoms with E-state index >= 15 is 0 Å². The molecule has 84 valence electrons. The number of benzene rings is 1. The van der Waals surface area contributed by atoms with Crippen molar-refractivity contribution in [2.75, 3.05) is 0 Å². The molecule has 1 heterocycles. The lowest BCUT2D eigenvalue weighted by molar-refractivity contribution is 0.529. The molecule has 0 N–H and O–H groups in total. The molecular weight excluding hydrogens is 196 g/mol. The second-order valence-electron chi connectivity index (χ2n) is 4.40. The van der Waals surface area contributed by atoms with Gasteiger partial charge in [-0.2, -0.15) is 0 Å². The Bertz CT molecular complexity index is 466. The monoisotopic (exact) mass is 214 g/mol. The molecule has 0 aliphatic rings. The quantitative estimate of drug-likeness (QED) is 0.725. The van der Waals surface area contributed by atoms with Crippen LogP contribution in [0.5, 0.6) is 0 Å². The van der Waals surface area contributed by atoms with Crippen LogP contribution in [0.4, 0.5) is 0 Å². The van der Waals surface area contributed by atoms with Gasteiger partial charge in [-0.15, -0.1) is 0 Å². The summed E-state index contributed by atoms with van der Waals surface area (Å²) in [5.41, 5.74) is 2.53. The van der Waals surface area contributed by atoms with Crippen LogP contribution in [0.3, 0.4) is 0 Å². The van der Waals surface area contributed by atoms with Crippen molar-refractivity contribution in [1.29, 1.82) is 0 Å². The van der Waals surface area contributed by atoms with Gasteiger partial charge in [0, 0.05) is 12.0 Å². The zero-order valence-corrected chi connectivity index (χ0v) is 10.2. The molecule has 0 bridgehead atoms. The average molecular weight is 214 g/mol. The van der Waals surface area contributed by atoms with Gasteiger partial charge in [0.25, 0.3) is 0 Å². The Balaban J connectivity index is 2.36. The number of rotatable bonds is 3. The Labute approximate surface area is 97.1 Å². The van der Waals surface area contributed by atoms with E-state index in [4.69, 9.17) is 4.42 Å². The van der Waals surface area contributed by atoms with Crippen LogP contribution in [0.25, 0.3) is 11.3 Å². The van der Waals surface area contributed by atoms with Crippen molar-refractivity contribution in [2.24, 2.45) is 0 Å². The summed E-state index contributed by atoms with van der Waals surface area (Å²) in [6, 6.07) is 12.7. The molecule has 0 unspecified atom stereocenters. The highest BCUT2D eigenvalue weighted by Gasteiger charge is 2.05. The molecule has 0 amide bonds. The van der Waals surface area contributed by atoms with Gasteiger partial charge in [0.2, 0.25) is 0 Å². The zero-order valence-electron chi connectivity index (χ0n) is 10.2. The Morgan fingerprint density at radius 3 is 2.56 bits per heavy atom. The smallest absolute Gasteiger partial charge is 0.134 e. The summed E-state index contributed by atoms with van der Waals surface area (Å²) >= 11 is 0. The highest BCUT2D eigenvalue weighted by Crippen LogP contribution is 2.25. The summed E-state index contributed by atoms with van der Waals surface area (Å²) in [6.45, 7) is 6.52. The predicted molar refractivity (Wildman–Crippen MR) is 67.6 cm³/mol. The molecule has 0 fully saturated rings. The summed E-state index contributed by atoms with van der Waals surface area (Å²) < 4.78 is 5.75. The highest BCUT2D eigenvalue weighted by atomic mass is 16.3. The van der Waals surface area contributed by atoms with E-state index in [1.165, 1.54) is 11.1 Å². The Kier molecular flexibility index (Phi) is 3.14. The molecule has 0 saturated carbocycles. The van der Waals surface area contributed by atoms with Crippen LogP contribution >= 0.6 is 0 Å². The van der Waals surface area contributed by atoms with Crippen LogP contribution < -0.4 is 0 Å². The highest BCUT2D eigenvalue weighted by molar-refractivity contribution is 5.58. The standard InChI is InChI=1S/C15H18O/c1-4-14-8-9-15(16-14)13-7-5-6-12(10-13)11(2)3/h5-11H,4H2,1-3H3. The van der Waals surface area contributed by atoms with E-state index in [1.54, 1.807) is 0 Å². The van der Waals surface area contributed by atoms with Crippen molar-refractivity contribution in [2.45, 2.75) is 33.1 Å². The normalized spacial score (nSPS) is 11.0. The third-order valence-electron chi connectivity index (χ3n) is 2.85. The minimum atomic E-state index is 0.556. The fourth-order valence-corrected chi connectivity index (χ4v) is 1.77. The van der Waals surface area contributed by atoms with E-state index in [-0.39, 0.29) is 0 Å². The SMILES string of the molecule is CCc1ccc(-c2cccc(C(C)C)c2)o1. The lowest BCUT2D eigenvalue weighted by atomic mass is 10.0. The lowest BCUT2D eigenvalue weighted by Gasteiger charge is -2.06. The summed E-state index contributed by atoms with van der Waals surface area (Å²) in [4.78, 5) is 0. The maximum absolute atomic E-state index is 5.75. The molecule has 0 radical (unpaired) electrons. The van der Waals surface area contributed by atoms with Crippen molar-refractivity contribution >= 4 is 0 Å². The maximum atomic E-state index is 5.75. The van der Waals surface area contributed by atoms with Gasteiger partial charge in [-0.3, -0.25) is 0 Å². The Hall–Kier alpha value is -1.50. The Morgan fingerprint density at radius 1 is 1.12 bits per heavy atom. The van der Waals surface area contributed by atoms with E-state index in [9.17, 15) is 0 Å². The Morgan fingerprint density at radius 2 is 1.94 bits per heavy atom. The lowest BCUT2D eigenvalue weighted by Crippen LogP contribution is -1.86. The zero-order chi connectivity index (χ0) is 11.5. The van der Waals surface area contributed by atoms with E-state index < -0.39 is 0 Å². The molecule has 0 spiro atoms. The van der Waals surface area contributed by atoms with Crippen LogP contribution in [-0.4, -0.2) is 0 Å². The first-order valence-electron chi connectivity index (χ1n) is 5.89. The molecule has 2 aromatic rings. The molecule has 0 aliphatic carbocycles. The molecule has 1 nitrogen and oxygen atoms in total. The van der Waals surface area contributed by atoms with Gasteiger partial charge >= 0.3 is 0 Å². The van der Waals surface area contributed by atoms with Crippen molar-refractivity contribution in [3.63, 3.8) is 0 Å². The van der Waals surface area contributed by atoms with Crippen LogP contribution in [0.15, 0.2) is 40.8 Å². The fourth-order valence-electron chi connectivity index (χ4n) is 1.77. The van der Waals surface area contributed by atoms with Gasteiger partial charge in [-0.1, -0.05) is 39.0 Å². The van der Waals surface area contributed by atoms with Gasteiger partial charge in [-0.05, 0) is 29.7 Å². The molecule has 0 aliphatic heterocycles. The third kappa shape index (κ3) is 2.19. The van der Waals surface area contributed by atoms with E-state index in [2.05, 4.69) is 57.2 Å². The van der Waals surface area contributed by atoms with E-state index in [0.29, 0.717) is 5.92 Å². The summed E-state index contributed by atoms with van der Waals surface area (Å²) in [5, 5.41) is 0. The van der Waals surface area contributed by atoms with Crippen molar-refractivity contribution < 1.29 is 4.42 Å². The van der Waals surface area contributed by atoms with Gasteiger partial charge in [-0.25, -0.2) is 0 Å². The van der Waals surface area contributed by atoms with Gasteiger partial charge in [0.15, 0.2) is 0 Å². The fraction of sp³-hybridized carbons (Fsp3) is 0.333. The topological polar surface area (TPSA) is 13.1 Å². The molecule has 1 heteroatoms. The number of hydrogen-bond donors (Lipinski definition) is 0. The van der Waals surface area contributed by atoms with Crippen molar-refractivity contribution in [3.05, 3.63) is 47.7 Å². The minimum Gasteiger partial charge on any atom is -0.461 e. The maximum Gasteiger partial charge on any atom is 0.134 e. The molecule has 16 heavy (non-hydrogen) atoms. The van der Waals surface area contributed by atoms with Gasteiger partial charge < -0.3 is 4.42 Å². The van der Waals surface area contributed by atoms with Crippen LogP contribution in [0.2, 0.25) is 0 Å². The predicted octanol–water partition coefficient (Wildman–Crippen LogP) is 4.63. The van der Waals surface area contributed by atoms with Crippen LogP contribution in [0.1, 0.15) is 38.0 Å². The van der Waals surface area contributed by atoms with E-state index in [0.717, 1.165) is 17.9 Å². The van der Waals surface area contributed by atoms with Gasteiger partial charge in [0.05, 0.1) is 0 Å². The second-order valence-corrected chi connectivity index (χ2v) is 4.40. The molecule has 1 aromatic carbocycles.